The van der Waals surface area contributed by atoms with Crippen molar-refractivity contribution in [3.63, 3.8) is 0 Å². The van der Waals surface area contributed by atoms with E-state index in [0.29, 0.717) is 10.8 Å². The maximum atomic E-state index is 14.6. The van der Waals surface area contributed by atoms with Crippen molar-refractivity contribution < 1.29 is 23.8 Å². The molecule has 0 aliphatic carbocycles. The van der Waals surface area contributed by atoms with Gasteiger partial charge in [0.1, 0.15) is 5.75 Å². The lowest BCUT2D eigenvalue weighted by atomic mass is 10.0. The van der Waals surface area contributed by atoms with Crippen LogP contribution in [-0.2, 0) is 4.79 Å². The van der Waals surface area contributed by atoms with Crippen molar-refractivity contribution in [3.05, 3.63) is 41.2 Å². The minimum absolute atomic E-state index is 0.00420. The number of rotatable bonds is 4. The summed E-state index contributed by atoms with van der Waals surface area (Å²) in [6.07, 6.45) is 1.24. The molecule has 4 nitrogen and oxygen atoms in total. The van der Waals surface area contributed by atoms with E-state index in [1.165, 1.54) is 27.2 Å². The number of methoxy groups -OCH3 is 2. The zero-order valence-electron chi connectivity index (χ0n) is 11.9. The number of fused-ring (bicyclic) bond motifs is 1. The van der Waals surface area contributed by atoms with Crippen LogP contribution < -0.4 is 9.47 Å². The molecule has 2 aromatic rings. The minimum Gasteiger partial charge on any atom is -0.495 e. The number of halogens is 1. The molecule has 0 aliphatic rings. The average molecular weight is 290 g/mol. The van der Waals surface area contributed by atoms with Gasteiger partial charge in [0.2, 0.25) is 0 Å². The summed E-state index contributed by atoms with van der Waals surface area (Å²) in [4.78, 5) is 11.0. The normalized spacial score (nSPS) is 11.5. The third-order valence-corrected chi connectivity index (χ3v) is 3.20. The number of carbonyl (C=O) groups is 1. The van der Waals surface area contributed by atoms with Crippen LogP contribution in [0.2, 0.25) is 0 Å². The predicted molar refractivity (Wildman–Crippen MR) is 78.3 cm³/mol. The molecule has 0 aromatic heterocycles. The van der Waals surface area contributed by atoms with Crippen molar-refractivity contribution in [3.8, 4) is 11.5 Å². The van der Waals surface area contributed by atoms with Crippen LogP contribution in [0.5, 0.6) is 11.5 Å². The Morgan fingerprint density at radius 3 is 2.14 bits per heavy atom. The van der Waals surface area contributed by atoms with Gasteiger partial charge in [0.25, 0.3) is 0 Å². The van der Waals surface area contributed by atoms with Gasteiger partial charge in [-0.05, 0) is 13.0 Å². The molecule has 0 saturated heterocycles. The molecule has 5 heteroatoms. The predicted octanol–water partition coefficient (Wildman–Crippen LogP) is 3.48. The first-order valence-electron chi connectivity index (χ1n) is 6.25. The molecule has 0 saturated carbocycles. The Balaban J connectivity index is 2.90. The second-order valence-corrected chi connectivity index (χ2v) is 4.47. The number of carboxylic acid groups (broad SMARTS) is 1. The Bertz CT molecular complexity index is 735. The van der Waals surface area contributed by atoms with Gasteiger partial charge in [0.05, 0.1) is 19.8 Å². The van der Waals surface area contributed by atoms with Gasteiger partial charge in [-0.3, -0.25) is 0 Å². The number of benzene rings is 2. The Kier molecular flexibility index (Phi) is 4.12. The van der Waals surface area contributed by atoms with Crippen LogP contribution in [0.1, 0.15) is 12.5 Å². The fraction of sp³-hybridized carbons (Fsp3) is 0.188. The van der Waals surface area contributed by atoms with Crippen LogP contribution in [0.3, 0.4) is 0 Å². The summed E-state index contributed by atoms with van der Waals surface area (Å²) in [5.41, 5.74) is 0.0671. The van der Waals surface area contributed by atoms with E-state index in [4.69, 9.17) is 14.6 Å². The summed E-state index contributed by atoms with van der Waals surface area (Å²) in [5.74, 6) is -1.42. The van der Waals surface area contributed by atoms with Gasteiger partial charge in [0.15, 0.2) is 11.6 Å². The van der Waals surface area contributed by atoms with E-state index in [1.807, 2.05) is 0 Å². The fourth-order valence-corrected chi connectivity index (χ4v) is 2.19. The summed E-state index contributed by atoms with van der Waals surface area (Å²) in [5, 5.41) is 10.2. The summed E-state index contributed by atoms with van der Waals surface area (Å²) in [7, 11) is 2.79. The molecule has 0 fully saturated rings. The Labute approximate surface area is 121 Å². The van der Waals surface area contributed by atoms with Gasteiger partial charge < -0.3 is 14.6 Å². The lowest BCUT2D eigenvalue weighted by molar-refractivity contribution is -0.132. The van der Waals surface area contributed by atoms with Gasteiger partial charge >= 0.3 is 5.97 Å². The SMILES string of the molecule is COc1c(F)c(C=C(C)C(=O)O)c(OC)c2ccccc12. The van der Waals surface area contributed by atoms with Crippen molar-refractivity contribution in [1.29, 1.82) is 0 Å². The van der Waals surface area contributed by atoms with Gasteiger partial charge in [-0.15, -0.1) is 0 Å². The first-order chi connectivity index (χ1) is 10.0. The van der Waals surface area contributed by atoms with Gasteiger partial charge in [-0.1, -0.05) is 24.3 Å². The molecular formula is C16H15FO4. The van der Waals surface area contributed by atoms with Crippen molar-refractivity contribution in [1.82, 2.24) is 0 Å². The van der Waals surface area contributed by atoms with Crippen LogP contribution in [0.15, 0.2) is 29.8 Å². The number of ether oxygens (including phenoxy) is 2. The highest BCUT2D eigenvalue weighted by Gasteiger charge is 2.20. The van der Waals surface area contributed by atoms with E-state index >= 15 is 0 Å². The standard InChI is InChI=1S/C16H15FO4/c1-9(16(18)19)8-12-13(17)15(21-3)11-7-5-4-6-10(11)14(12)20-2/h4-8H,1-3H3,(H,18,19). The van der Waals surface area contributed by atoms with E-state index in [0.717, 1.165) is 0 Å². The zero-order chi connectivity index (χ0) is 15.6. The first-order valence-corrected chi connectivity index (χ1v) is 6.25. The van der Waals surface area contributed by atoms with Crippen molar-refractivity contribution in [2.24, 2.45) is 0 Å². The quantitative estimate of drug-likeness (QED) is 0.876. The van der Waals surface area contributed by atoms with Crippen LogP contribution in [0.25, 0.3) is 16.8 Å². The summed E-state index contributed by atoms with van der Waals surface area (Å²) in [6, 6.07) is 7.04. The molecule has 0 heterocycles. The van der Waals surface area contributed by atoms with Gasteiger partial charge in [0, 0.05) is 16.3 Å². The monoisotopic (exact) mass is 290 g/mol. The van der Waals surface area contributed by atoms with Crippen LogP contribution in [0, 0.1) is 5.82 Å². The minimum atomic E-state index is -1.12. The van der Waals surface area contributed by atoms with Crippen molar-refractivity contribution in [2.45, 2.75) is 6.92 Å². The Hall–Kier alpha value is -2.56. The maximum Gasteiger partial charge on any atom is 0.331 e. The summed E-state index contributed by atoms with van der Waals surface area (Å²) < 4.78 is 25.1. The molecule has 2 aromatic carbocycles. The first kappa shape index (κ1) is 14.8. The molecule has 110 valence electrons. The number of aliphatic carboxylic acids is 1. The third-order valence-electron chi connectivity index (χ3n) is 3.20. The molecule has 0 bridgehead atoms. The van der Waals surface area contributed by atoms with E-state index < -0.39 is 11.8 Å². The highest BCUT2D eigenvalue weighted by atomic mass is 19.1. The fourth-order valence-electron chi connectivity index (χ4n) is 2.19. The number of carboxylic acids is 1. The molecule has 0 unspecified atom stereocenters. The Morgan fingerprint density at radius 1 is 1.14 bits per heavy atom. The van der Waals surface area contributed by atoms with E-state index in [-0.39, 0.29) is 22.6 Å². The molecule has 0 atom stereocenters. The molecule has 2 rings (SSSR count). The van der Waals surface area contributed by atoms with Crippen LogP contribution in [0.4, 0.5) is 4.39 Å². The van der Waals surface area contributed by atoms with Crippen LogP contribution in [-0.4, -0.2) is 25.3 Å². The zero-order valence-corrected chi connectivity index (χ0v) is 11.9. The molecule has 0 amide bonds. The maximum absolute atomic E-state index is 14.6. The van der Waals surface area contributed by atoms with Crippen molar-refractivity contribution >= 4 is 22.8 Å². The lowest BCUT2D eigenvalue weighted by Gasteiger charge is -2.15. The summed E-state index contributed by atoms with van der Waals surface area (Å²) >= 11 is 0. The van der Waals surface area contributed by atoms with Gasteiger partial charge in [-0.2, -0.15) is 0 Å². The van der Waals surface area contributed by atoms with E-state index in [2.05, 4.69) is 0 Å². The largest absolute Gasteiger partial charge is 0.495 e. The third kappa shape index (κ3) is 2.54. The number of hydrogen-bond acceptors (Lipinski definition) is 3. The average Bonchev–Trinajstić information content (AvgIpc) is 2.48. The highest BCUT2D eigenvalue weighted by Crippen LogP contribution is 2.40. The smallest absolute Gasteiger partial charge is 0.331 e. The molecular weight excluding hydrogens is 275 g/mol. The van der Waals surface area contributed by atoms with E-state index in [9.17, 15) is 9.18 Å². The second kappa shape index (κ2) is 5.83. The second-order valence-electron chi connectivity index (χ2n) is 4.47. The van der Waals surface area contributed by atoms with Crippen LogP contribution >= 0.6 is 0 Å². The topological polar surface area (TPSA) is 55.8 Å². The van der Waals surface area contributed by atoms with Crippen molar-refractivity contribution in [2.75, 3.05) is 14.2 Å². The molecule has 0 radical (unpaired) electrons. The molecule has 0 spiro atoms. The highest BCUT2D eigenvalue weighted by molar-refractivity contribution is 5.99. The lowest BCUT2D eigenvalue weighted by Crippen LogP contribution is -2.01. The molecule has 1 N–H and O–H groups in total. The van der Waals surface area contributed by atoms with Gasteiger partial charge in [-0.25, -0.2) is 9.18 Å². The summed E-state index contributed by atoms with van der Waals surface area (Å²) in [6.45, 7) is 1.39. The molecule has 21 heavy (non-hydrogen) atoms. The number of hydrogen-bond donors (Lipinski definition) is 1. The molecule has 0 aliphatic heterocycles. The van der Waals surface area contributed by atoms with E-state index in [1.54, 1.807) is 24.3 Å². The Morgan fingerprint density at radius 2 is 1.67 bits per heavy atom.